The van der Waals surface area contributed by atoms with Gasteiger partial charge in [-0.3, -0.25) is 14.3 Å². The molecule has 1 saturated heterocycles. The van der Waals surface area contributed by atoms with Crippen LogP contribution in [0.2, 0.25) is 0 Å². The minimum Gasteiger partial charge on any atom is -0.476 e. The van der Waals surface area contributed by atoms with Crippen LogP contribution in [0.3, 0.4) is 0 Å². The molecule has 5 saturated carbocycles. The maximum Gasteiger partial charge on any atom is 0.360 e. The smallest absolute Gasteiger partial charge is 0.360 e. The molecule has 0 bridgehead atoms. The van der Waals surface area contributed by atoms with Gasteiger partial charge in [0.25, 0.3) is 5.56 Å². The number of carboxylic acid groups (broad SMARTS) is 1. The van der Waals surface area contributed by atoms with E-state index in [0.717, 1.165) is 11.9 Å². The first-order valence-electron chi connectivity index (χ1n) is 13.5. The van der Waals surface area contributed by atoms with Crippen LogP contribution in [0.1, 0.15) is 81.6 Å². The molecule has 6 nitrogen and oxygen atoms in total. The van der Waals surface area contributed by atoms with E-state index in [1.165, 1.54) is 57.8 Å². The van der Waals surface area contributed by atoms with Crippen molar-refractivity contribution < 1.29 is 9.90 Å². The lowest BCUT2D eigenvalue weighted by molar-refractivity contribution is -0.363. The number of fused-ring (bicyclic) bond motifs is 3. The largest absolute Gasteiger partial charge is 0.476 e. The van der Waals surface area contributed by atoms with Gasteiger partial charge in [0.05, 0.1) is 16.6 Å². The van der Waals surface area contributed by atoms with E-state index < -0.39 is 5.97 Å². The standard InChI is InChI=1S/C28H33N3O3/c1-26-14-13-19-28-20(30(19)16-9-5-3-2-4-6-10-16)15-27(28,22(26)23(26)28)31-18-12-8-7-11-17(18)29-21(24(31)32)25(33)34/h7-8,11-12,16,19-20,22-23H,2-6,9-10,13-15H2,1H3,(H,33,34)/t19-,20-,22?,23?,26+,27+,28?/m1/s1. The molecule has 2 heterocycles. The number of para-hydroxylation sites is 2. The minimum atomic E-state index is -1.21. The number of likely N-dealkylation sites (tertiary alicyclic amines) is 1. The fourth-order valence-corrected chi connectivity index (χ4v) is 10.7. The second kappa shape index (κ2) is 6.13. The summed E-state index contributed by atoms with van der Waals surface area (Å²) in [5, 5.41) is 9.84. The predicted octanol–water partition coefficient (Wildman–Crippen LogP) is 4.41. The molecule has 1 aliphatic heterocycles. The molecule has 1 spiro atoms. The molecule has 8 rings (SSSR count). The number of aromatic nitrogens is 2. The van der Waals surface area contributed by atoms with Crippen molar-refractivity contribution >= 4 is 17.0 Å². The van der Waals surface area contributed by atoms with E-state index in [2.05, 4.69) is 16.8 Å². The van der Waals surface area contributed by atoms with Gasteiger partial charge in [0.2, 0.25) is 5.69 Å². The normalized spacial score (nSPS) is 44.5. The van der Waals surface area contributed by atoms with Gasteiger partial charge >= 0.3 is 5.97 Å². The molecule has 178 valence electrons. The van der Waals surface area contributed by atoms with Crippen molar-refractivity contribution in [3.63, 3.8) is 0 Å². The molecule has 1 N–H and O–H groups in total. The molecule has 1 aromatic heterocycles. The van der Waals surface area contributed by atoms with E-state index in [9.17, 15) is 14.7 Å². The van der Waals surface area contributed by atoms with Gasteiger partial charge in [-0.05, 0) is 61.5 Å². The van der Waals surface area contributed by atoms with Gasteiger partial charge in [0, 0.05) is 23.5 Å². The maximum atomic E-state index is 13.8. The first-order chi connectivity index (χ1) is 16.5. The molecule has 7 atom stereocenters. The molecule has 34 heavy (non-hydrogen) atoms. The second-order valence-electron chi connectivity index (χ2n) is 12.4. The van der Waals surface area contributed by atoms with Crippen LogP contribution in [0.4, 0.5) is 0 Å². The zero-order chi connectivity index (χ0) is 23.0. The number of benzene rings is 1. The Morgan fingerprint density at radius 1 is 1.03 bits per heavy atom. The van der Waals surface area contributed by atoms with E-state index in [1.807, 2.05) is 28.8 Å². The van der Waals surface area contributed by atoms with Gasteiger partial charge in [-0.25, -0.2) is 9.78 Å². The van der Waals surface area contributed by atoms with Gasteiger partial charge in [0.15, 0.2) is 0 Å². The summed E-state index contributed by atoms with van der Waals surface area (Å²) in [6.07, 6.45) is 12.9. The summed E-state index contributed by atoms with van der Waals surface area (Å²) in [6.45, 7) is 2.45. The highest BCUT2D eigenvalue weighted by Gasteiger charge is 3.02. The average molecular weight is 460 g/mol. The van der Waals surface area contributed by atoms with Gasteiger partial charge in [-0.2, -0.15) is 0 Å². The molecule has 6 heteroatoms. The highest BCUT2D eigenvalue weighted by Crippen LogP contribution is 2.99. The van der Waals surface area contributed by atoms with Crippen LogP contribution < -0.4 is 5.56 Å². The number of rotatable bonds is 3. The van der Waals surface area contributed by atoms with E-state index in [-0.39, 0.29) is 22.2 Å². The summed E-state index contributed by atoms with van der Waals surface area (Å²) < 4.78 is 1.97. The molecule has 2 aromatic rings. The first kappa shape index (κ1) is 20.0. The lowest BCUT2D eigenvalue weighted by atomic mass is 9.31. The van der Waals surface area contributed by atoms with Crippen molar-refractivity contribution in [1.29, 1.82) is 0 Å². The van der Waals surface area contributed by atoms with Crippen molar-refractivity contribution in [2.45, 2.75) is 94.8 Å². The summed E-state index contributed by atoms with van der Waals surface area (Å²) in [5.74, 6) is -0.00302. The minimum absolute atomic E-state index is 0.163. The lowest BCUT2D eigenvalue weighted by Crippen LogP contribution is -2.94. The molecule has 3 unspecified atom stereocenters. The maximum absolute atomic E-state index is 13.8. The van der Waals surface area contributed by atoms with Crippen LogP contribution in [0.25, 0.3) is 11.0 Å². The van der Waals surface area contributed by atoms with Gasteiger partial charge in [-0.1, -0.05) is 51.2 Å². The van der Waals surface area contributed by atoms with Crippen molar-refractivity contribution in [2.75, 3.05) is 0 Å². The zero-order valence-electron chi connectivity index (χ0n) is 19.9. The molecule has 6 aliphatic rings. The Kier molecular flexibility index (Phi) is 3.61. The zero-order valence-corrected chi connectivity index (χ0v) is 19.9. The van der Waals surface area contributed by atoms with Crippen LogP contribution >= 0.6 is 0 Å². The van der Waals surface area contributed by atoms with Gasteiger partial charge in [0.1, 0.15) is 0 Å². The van der Waals surface area contributed by atoms with Crippen molar-refractivity contribution in [3.05, 3.63) is 40.3 Å². The van der Waals surface area contributed by atoms with Gasteiger partial charge < -0.3 is 5.11 Å². The third kappa shape index (κ3) is 1.87. The molecule has 0 radical (unpaired) electrons. The molecular formula is C28H33N3O3. The third-order valence-corrected chi connectivity index (χ3v) is 11.6. The number of piperidine rings is 1. The van der Waals surface area contributed by atoms with E-state index >= 15 is 0 Å². The number of hydrogen-bond donors (Lipinski definition) is 1. The lowest BCUT2D eigenvalue weighted by Gasteiger charge is -2.85. The number of nitrogens with zero attached hydrogens (tertiary/aromatic N) is 3. The SMILES string of the molecule is C[C@]12CC[C@H]3N(C4CCCCCCC4)[C@@H]4C[C@]5(n6c(=O)c(C(=O)O)nc7ccccc76)C1C2C345. The average Bonchev–Trinajstić information content (AvgIpc) is 3.37. The molecule has 0 amide bonds. The highest BCUT2D eigenvalue weighted by atomic mass is 16.4. The fraction of sp³-hybridized carbons (Fsp3) is 0.679. The summed E-state index contributed by atoms with van der Waals surface area (Å²) in [7, 11) is 0. The van der Waals surface area contributed by atoms with Crippen LogP contribution in [-0.2, 0) is 5.54 Å². The Morgan fingerprint density at radius 2 is 1.76 bits per heavy atom. The topological polar surface area (TPSA) is 75.4 Å². The van der Waals surface area contributed by atoms with Gasteiger partial charge in [-0.15, -0.1) is 0 Å². The first-order valence-corrected chi connectivity index (χ1v) is 13.5. The van der Waals surface area contributed by atoms with E-state index in [0.29, 0.717) is 40.9 Å². The Hall–Kier alpha value is -2.21. The second-order valence-corrected chi connectivity index (χ2v) is 12.4. The van der Waals surface area contributed by atoms with Crippen molar-refractivity contribution in [2.24, 2.45) is 22.7 Å². The molecule has 1 aromatic carbocycles. The predicted molar refractivity (Wildman–Crippen MR) is 128 cm³/mol. The number of carbonyl (C=O) groups is 1. The Labute approximate surface area is 199 Å². The Bertz CT molecular complexity index is 1310. The van der Waals surface area contributed by atoms with Crippen LogP contribution in [0.5, 0.6) is 0 Å². The molecule has 6 fully saturated rings. The van der Waals surface area contributed by atoms with E-state index in [1.54, 1.807) is 0 Å². The molecular weight excluding hydrogens is 426 g/mol. The number of hydrogen-bond acceptors (Lipinski definition) is 4. The van der Waals surface area contributed by atoms with Crippen LogP contribution in [0.15, 0.2) is 29.1 Å². The fourth-order valence-electron chi connectivity index (χ4n) is 10.7. The molecule has 5 aliphatic carbocycles. The summed E-state index contributed by atoms with van der Waals surface area (Å²) >= 11 is 0. The Balaban J connectivity index is 1.29. The summed E-state index contributed by atoms with van der Waals surface area (Å²) in [4.78, 5) is 33.0. The number of carboxylic acids is 1. The third-order valence-electron chi connectivity index (χ3n) is 11.6. The Morgan fingerprint density at radius 3 is 2.53 bits per heavy atom. The quantitative estimate of drug-likeness (QED) is 0.736. The van der Waals surface area contributed by atoms with Crippen LogP contribution in [-0.4, -0.2) is 43.7 Å². The van der Waals surface area contributed by atoms with Crippen molar-refractivity contribution in [1.82, 2.24) is 14.5 Å². The summed E-state index contributed by atoms with van der Waals surface area (Å²) in [6, 6.07) is 9.51. The summed E-state index contributed by atoms with van der Waals surface area (Å²) in [5.41, 5.74) is 1.01. The van der Waals surface area contributed by atoms with E-state index in [4.69, 9.17) is 0 Å². The highest BCUT2D eigenvalue weighted by molar-refractivity contribution is 5.88. The van der Waals surface area contributed by atoms with Crippen LogP contribution in [0, 0.1) is 22.7 Å². The monoisotopic (exact) mass is 459 g/mol. The van der Waals surface area contributed by atoms with Crippen molar-refractivity contribution in [3.8, 4) is 0 Å². The number of aromatic carboxylic acids is 1.